The first-order chi connectivity index (χ1) is 26.2. The molecule has 0 spiro atoms. The van der Waals surface area contributed by atoms with Crippen molar-refractivity contribution in [1.29, 1.82) is 0 Å². The van der Waals surface area contributed by atoms with Gasteiger partial charge in [-0.05, 0) is 140 Å². The van der Waals surface area contributed by atoms with Crippen molar-refractivity contribution in [3.05, 3.63) is 38.0 Å². The van der Waals surface area contributed by atoms with E-state index in [1.165, 1.54) is 31.1 Å². The zero-order valence-electron chi connectivity index (χ0n) is 35.2. The molecule has 0 bridgehead atoms. The molecule has 0 radical (unpaired) electrons. The lowest BCUT2D eigenvalue weighted by atomic mass is 9.99. The predicted molar refractivity (Wildman–Crippen MR) is 223 cm³/mol. The number of hydrogen-bond acceptors (Lipinski definition) is 5. The predicted octanol–water partition coefficient (Wildman–Crippen LogP) is 6.33. The molecule has 0 saturated carbocycles. The van der Waals surface area contributed by atoms with Crippen molar-refractivity contribution >= 4 is 29.5 Å². The maximum atomic E-state index is 11.2. The SMILES string of the molecule is C=CC(=O)N1CCC(C)CC1.C=CC(=O)N1CCCC(C)C1.C=CC(=O)N1CCCCC1C.CC#CC(=O)N1CCC(C)C1.CC#CC(=O)N1CCCC1C. The highest BCUT2D eigenvalue weighted by Gasteiger charge is 2.24. The fourth-order valence-electron chi connectivity index (χ4n) is 7.14. The van der Waals surface area contributed by atoms with Gasteiger partial charge in [0, 0.05) is 64.4 Å². The van der Waals surface area contributed by atoms with Crippen molar-refractivity contribution in [2.75, 3.05) is 52.4 Å². The van der Waals surface area contributed by atoms with Gasteiger partial charge in [0.15, 0.2) is 0 Å². The quantitative estimate of drug-likeness (QED) is 0.247. The molecule has 5 saturated heterocycles. The number of piperidine rings is 3. The summed E-state index contributed by atoms with van der Waals surface area (Å²) >= 11 is 0. The highest BCUT2D eigenvalue weighted by molar-refractivity contribution is 5.94. The molecule has 5 amide bonds. The topological polar surface area (TPSA) is 102 Å². The summed E-state index contributed by atoms with van der Waals surface area (Å²) in [6.45, 7) is 31.7. The van der Waals surface area contributed by atoms with Gasteiger partial charge in [-0.15, -0.1) is 0 Å². The van der Waals surface area contributed by atoms with Crippen LogP contribution in [0.25, 0.3) is 0 Å². The molecule has 0 aromatic carbocycles. The molecule has 5 rings (SSSR count). The van der Waals surface area contributed by atoms with Crippen LogP contribution in [0.5, 0.6) is 0 Å². The molecule has 55 heavy (non-hydrogen) atoms. The van der Waals surface area contributed by atoms with Crippen molar-refractivity contribution in [2.24, 2.45) is 17.8 Å². The first-order valence-electron chi connectivity index (χ1n) is 20.4. The van der Waals surface area contributed by atoms with Crippen molar-refractivity contribution < 1.29 is 24.0 Å². The fourth-order valence-corrected chi connectivity index (χ4v) is 7.14. The van der Waals surface area contributed by atoms with E-state index in [0.29, 0.717) is 23.9 Å². The molecule has 4 atom stereocenters. The number of hydrogen-bond donors (Lipinski definition) is 0. The van der Waals surface area contributed by atoms with Gasteiger partial charge >= 0.3 is 0 Å². The molecule has 5 aliphatic rings. The normalized spacial score (nSPS) is 23.0. The zero-order valence-corrected chi connectivity index (χ0v) is 35.2. The number of amides is 5. The third-order valence-electron chi connectivity index (χ3n) is 10.7. The number of nitrogens with zero attached hydrogens (tertiary/aromatic N) is 5. The molecular weight excluding hydrogens is 691 g/mol. The van der Waals surface area contributed by atoms with E-state index < -0.39 is 0 Å². The second-order valence-corrected chi connectivity index (χ2v) is 15.4. The summed E-state index contributed by atoms with van der Waals surface area (Å²) in [5, 5.41) is 0. The average Bonchev–Trinajstić information content (AvgIpc) is 3.83. The van der Waals surface area contributed by atoms with Gasteiger partial charge in [-0.3, -0.25) is 24.0 Å². The Bertz CT molecular complexity index is 1400. The second kappa shape index (κ2) is 27.3. The van der Waals surface area contributed by atoms with Crippen LogP contribution < -0.4 is 0 Å². The van der Waals surface area contributed by atoms with Crippen LogP contribution in [0.3, 0.4) is 0 Å². The van der Waals surface area contributed by atoms with Crippen LogP contribution in [0.1, 0.15) is 113 Å². The largest absolute Gasteiger partial charge is 0.339 e. The van der Waals surface area contributed by atoms with E-state index in [-0.39, 0.29) is 29.5 Å². The third kappa shape index (κ3) is 18.7. The summed E-state index contributed by atoms with van der Waals surface area (Å²) in [6, 6.07) is 0.803. The Hall–Kier alpha value is -4.31. The standard InChI is InChI=1S/3C9H15NO.2C9H13NO/c1-3-9(11)10-6-4-8(2)5-7-10;1-3-9(11)10-6-4-5-8(2)7-10;1-3-9(11)10-7-5-4-6-8(10)2;1-3-5-9(11)10-7-4-6-8(10)2;1-3-4-9(11)10-6-5-8(2)7-10/h3*3,8H,1,4-7H2,2H3;8H,4,6-7H2,1-2H3;8H,5-7H2,1-2H3. The lowest BCUT2D eigenvalue weighted by molar-refractivity contribution is -0.129. The maximum Gasteiger partial charge on any atom is 0.298 e. The Morgan fingerprint density at radius 3 is 1.42 bits per heavy atom. The highest BCUT2D eigenvalue weighted by Crippen LogP contribution is 2.18. The Balaban J connectivity index is 0.000000344. The number of rotatable bonds is 3. The fraction of sp³-hybridized carbons (Fsp3) is 0.667. The van der Waals surface area contributed by atoms with Gasteiger partial charge in [-0.1, -0.05) is 52.3 Å². The molecule has 4 unspecified atom stereocenters. The minimum atomic E-state index is -0.0168. The zero-order chi connectivity index (χ0) is 41.3. The lowest BCUT2D eigenvalue weighted by Crippen LogP contribution is -2.40. The molecule has 0 aromatic rings. The maximum absolute atomic E-state index is 11.2. The summed E-state index contributed by atoms with van der Waals surface area (Å²) in [7, 11) is 0. The first-order valence-corrected chi connectivity index (χ1v) is 20.4. The first kappa shape index (κ1) is 48.7. The van der Waals surface area contributed by atoms with E-state index in [1.54, 1.807) is 13.8 Å². The number of carbonyl (C=O) groups is 5. The Morgan fingerprint density at radius 2 is 0.927 bits per heavy atom. The van der Waals surface area contributed by atoms with Crippen LogP contribution in [0, 0.1) is 41.4 Å². The molecule has 5 heterocycles. The molecule has 5 aliphatic heterocycles. The Kier molecular flexibility index (Phi) is 24.2. The van der Waals surface area contributed by atoms with Gasteiger partial charge in [0.1, 0.15) is 0 Å². The van der Waals surface area contributed by atoms with Gasteiger partial charge in [-0.25, -0.2) is 0 Å². The second-order valence-electron chi connectivity index (χ2n) is 15.4. The van der Waals surface area contributed by atoms with E-state index in [2.05, 4.69) is 78.0 Å². The minimum Gasteiger partial charge on any atom is -0.339 e. The average molecular weight is 762 g/mol. The summed E-state index contributed by atoms with van der Waals surface area (Å²) in [6.07, 6.45) is 15.8. The monoisotopic (exact) mass is 762 g/mol. The van der Waals surface area contributed by atoms with Gasteiger partial charge in [0.05, 0.1) is 0 Å². The van der Waals surface area contributed by atoms with Crippen LogP contribution in [-0.2, 0) is 24.0 Å². The van der Waals surface area contributed by atoms with Crippen molar-refractivity contribution in [3.63, 3.8) is 0 Å². The summed E-state index contributed by atoms with van der Waals surface area (Å²) in [4.78, 5) is 65.0. The van der Waals surface area contributed by atoms with Crippen LogP contribution in [0.4, 0.5) is 0 Å². The molecule has 0 aliphatic carbocycles. The third-order valence-corrected chi connectivity index (χ3v) is 10.7. The van der Waals surface area contributed by atoms with Crippen LogP contribution in [0.2, 0.25) is 0 Å². The van der Waals surface area contributed by atoms with Crippen LogP contribution >= 0.6 is 0 Å². The van der Waals surface area contributed by atoms with E-state index in [9.17, 15) is 24.0 Å². The van der Waals surface area contributed by atoms with Crippen LogP contribution in [0.15, 0.2) is 38.0 Å². The van der Waals surface area contributed by atoms with Crippen LogP contribution in [-0.4, -0.2) is 118 Å². The van der Waals surface area contributed by atoms with E-state index in [0.717, 1.165) is 110 Å². The molecule has 10 heteroatoms. The van der Waals surface area contributed by atoms with E-state index in [1.807, 2.05) is 24.5 Å². The Labute approximate surface area is 333 Å². The van der Waals surface area contributed by atoms with Gasteiger partial charge in [0.2, 0.25) is 17.7 Å². The van der Waals surface area contributed by atoms with Crippen molar-refractivity contribution in [3.8, 4) is 23.7 Å². The van der Waals surface area contributed by atoms with Crippen molar-refractivity contribution in [2.45, 2.75) is 125 Å². The lowest BCUT2D eigenvalue weighted by Gasteiger charge is -2.32. The highest BCUT2D eigenvalue weighted by atomic mass is 16.2. The molecular formula is C45H71N5O5. The smallest absolute Gasteiger partial charge is 0.298 e. The summed E-state index contributed by atoms with van der Waals surface area (Å²) in [5.41, 5.74) is 0. The van der Waals surface area contributed by atoms with Gasteiger partial charge in [-0.2, -0.15) is 0 Å². The van der Waals surface area contributed by atoms with Gasteiger partial charge in [0.25, 0.3) is 11.8 Å². The van der Waals surface area contributed by atoms with Crippen molar-refractivity contribution in [1.82, 2.24) is 24.5 Å². The molecule has 0 N–H and O–H groups in total. The van der Waals surface area contributed by atoms with E-state index in [4.69, 9.17) is 0 Å². The van der Waals surface area contributed by atoms with E-state index >= 15 is 0 Å². The molecule has 306 valence electrons. The number of carbonyl (C=O) groups excluding carboxylic acids is 5. The summed E-state index contributed by atoms with van der Waals surface area (Å²) in [5.74, 6) is 12.6. The molecule has 10 nitrogen and oxygen atoms in total. The number of likely N-dealkylation sites (tertiary alicyclic amines) is 5. The summed E-state index contributed by atoms with van der Waals surface area (Å²) < 4.78 is 0. The molecule has 5 fully saturated rings. The minimum absolute atomic E-state index is 0.0162. The van der Waals surface area contributed by atoms with Gasteiger partial charge < -0.3 is 24.5 Å². The Morgan fingerprint density at radius 1 is 0.473 bits per heavy atom. The molecule has 0 aromatic heterocycles.